The van der Waals surface area contributed by atoms with Crippen LogP contribution in [-0.4, -0.2) is 22.4 Å². The molecule has 1 aromatic carbocycles. The van der Waals surface area contributed by atoms with E-state index in [0.717, 1.165) is 6.07 Å². The number of hydrogen-bond acceptors (Lipinski definition) is 4. The molecule has 0 aromatic heterocycles. The summed E-state index contributed by atoms with van der Waals surface area (Å²) in [6, 6.07) is 1.61. The summed E-state index contributed by atoms with van der Waals surface area (Å²) < 4.78 is 25.9. The Kier molecular flexibility index (Phi) is 3.98. The van der Waals surface area contributed by atoms with Crippen LogP contribution in [0.4, 0.5) is 14.5 Å². The number of nitro benzene ring substituents is 1. The number of benzene rings is 1. The highest BCUT2D eigenvalue weighted by molar-refractivity contribution is 7.99. The third kappa shape index (κ3) is 2.63. The highest BCUT2D eigenvalue weighted by Gasteiger charge is 2.21. The lowest BCUT2D eigenvalue weighted by atomic mass is 10.3. The van der Waals surface area contributed by atoms with E-state index in [4.69, 9.17) is 5.11 Å². The van der Waals surface area contributed by atoms with Crippen LogP contribution >= 0.6 is 11.8 Å². The Morgan fingerprint density at radius 3 is 2.67 bits per heavy atom. The SMILES string of the molecule is O=[N+]([O-])c1ccc(F)c(F)c1SCCO. The van der Waals surface area contributed by atoms with Gasteiger partial charge in [-0.2, -0.15) is 0 Å². The van der Waals surface area contributed by atoms with Crippen molar-refractivity contribution in [2.75, 3.05) is 12.4 Å². The van der Waals surface area contributed by atoms with E-state index in [0.29, 0.717) is 17.8 Å². The summed E-state index contributed by atoms with van der Waals surface area (Å²) in [5.74, 6) is -2.31. The summed E-state index contributed by atoms with van der Waals surface area (Å²) in [4.78, 5) is 9.32. The van der Waals surface area contributed by atoms with Gasteiger partial charge in [0.1, 0.15) is 4.90 Å². The number of aliphatic hydroxyl groups excluding tert-OH is 1. The number of nitro groups is 1. The molecule has 0 atom stereocenters. The van der Waals surface area contributed by atoms with Crippen LogP contribution in [0.25, 0.3) is 0 Å². The fourth-order valence-corrected chi connectivity index (χ4v) is 1.76. The number of halogens is 2. The van der Waals surface area contributed by atoms with Crippen molar-refractivity contribution in [1.82, 2.24) is 0 Å². The first kappa shape index (κ1) is 11.9. The van der Waals surface area contributed by atoms with Crippen LogP contribution in [0.2, 0.25) is 0 Å². The molecule has 0 saturated heterocycles. The molecule has 0 fully saturated rings. The molecule has 0 radical (unpaired) electrons. The van der Waals surface area contributed by atoms with Gasteiger partial charge in [0.15, 0.2) is 11.6 Å². The fraction of sp³-hybridized carbons (Fsp3) is 0.250. The van der Waals surface area contributed by atoms with Gasteiger partial charge in [0.2, 0.25) is 0 Å². The first-order valence-corrected chi connectivity index (χ1v) is 4.92. The monoisotopic (exact) mass is 235 g/mol. The molecule has 0 aliphatic heterocycles. The first-order chi connectivity index (χ1) is 7.07. The number of aliphatic hydroxyl groups is 1. The molecule has 0 heterocycles. The summed E-state index contributed by atoms with van der Waals surface area (Å²) in [6.45, 7) is -0.266. The first-order valence-electron chi connectivity index (χ1n) is 3.94. The van der Waals surface area contributed by atoms with Crippen molar-refractivity contribution in [2.24, 2.45) is 0 Å². The van der Waals surface area contributed by atoms with Crippen molar-refractivity contribution in [1.29, 1.82) is 0 Å². The zero-order valence-corrected chi connectivity index (χ0v) is 8.26. The van der Waals surface area contributed by atoms with Crippen molar-refractivity contribution in [3.63, 3.8) is 0 Å². The molecular weight excluding hydrogens is 228 g/mol. The fourth-order valence-electron chi connectivity index (χ4n) is 0.951. The topological polar surface area (TPSA) is 63.4 Å². The zero-order valence-electron chi connectivity index (χ0n) is 7.44. The second kappa shape index (κ2) is 5.04. The van der Waals surface area contributed by atoms with Crippen molar-refractivity contribution < 1.29 is 18.8 Å². The minimum absolute atomic E-state index is 0.0706. The third-order valence-corrected chi connectivity index (χ3v) is 2.63. The van der Waals surface area contributed by atoms with Gasteiger partial charge >= 0.3 is 0 Å². The Balaban J connectivity index is 3.16. The molecule has 82 valence electrons. The smallest absolute Gasteiger partial charge is 0.286 e. The summed E-state index contributed by atoms with van der Waals surface area (Å²) in [5.41, 5.74) is -0.493. The Labute approximate surface area is 88.1 Å². The van der Waals surface area contributed by atoms with E-state index in [2.05, 4.69) is 0 Å². The normalized spacial score (nSPS) is 10.3. The Morgan fingerprint density at radius 1 is 1.47 bits per heavy atom. The molecule has 0 unspecified atom stereocenters. The molecule has 0 spiro atoms. The van der Waals surface area contributed by atoms with E-state index < -0.39 is 22.2 Å². The van der Waals surface area contributed by atoms with Gasteiger partial charge in [-0.3, -0.25) is 10.1 Å². The minimum Gasteiger partial charge on any atom is -0.396 e. The standard InChI is InChI=1S/C8H7F2NO3S/c9-5-1-2-6(11(13)14)8(7(5)10)15-4-3-12/h1-2,12H,3-4H2. The predicted molar refractivity (Wildman–Crippen MR) is 50.8 cm³/mol. The Morgan fingerprint density at radius 2 is 2.13 bits per heavy atom. The third-order valence-electron chi connectivity index (χ3n) is 1.56. The van der Waals surface area contributed by atoms with E-state index in [9.17, 15) is 18.9 Å². The molecule has 1 N–H and O–H groups in total. The maximum atomic E-state index is 13.2. The Hall–Kier alpha value is -1.21. The van der Waals surface area contributed by atoms with Crippen LogP contribution in [0, 0.1) is 21.7 Å². The largest absolute Gasteiger partial charge is 0.396 e. The average molecular weight is 235 g/mol. The molecule has 4 nitrogen and oxygen atoms in total. The van der Waals surface area contributed by atoms with Crippen LogP contribution < -0.4 is 0 Å². The van der Waals surface area contributed by atoms with Gasteiger partial charge in [-0.1, -0.05) is 0 Å². The Bertz CT molecular complexity index is 386. The van der Waals surface area contributed by atoms with Crippen LogP contribution in [0.1, 0.15) is 0 Å². The van der Waals surface area contributed by atoms with Gasteiger partial charge in [0.25, 0.3) is 5.69 Å². The van der Waals surface area contributed by atoms with Gasteiger partial charge in [0, 0.05) is 11.8 Å². The molecule has 0 saturated carbocycles. The lowest BCUT2D eigenvalue weighted by Crippen LogP contribution is -1.98. The van der Waals surface area contributed by atoms with Crippen molar-refractivity contribution in [3.05, 3.63) is 33.9 Å². The lowest BCUT2D eigenvalue weighted by Gasteiger charge is -2.03. The second-order valence-electron chi connectivity index (χ2n) is 2.54. The molecule has 0 bridgehead atoms. The summed E-state index contributed by atoms with van der Waals surface area (Å²) in [5, 5.41) is 19.0. The summed E-state index contributed by atoms with van der Waals surface area (Å²) in [6.07, 6.45) is 0. The molecule has 1 aromatic rings. The van der Waals surface area contributed by atoms with E-state index in [1.54, 1.807) is 0 Å². The van der Waals surface area contributed by atoms with Gasteiger partial charge in [-0.15, -0.1) is 11.8 Å². The van der Waals surface area contributed by atoms with Gasteiger partial charge in [-0.25, -0.2) is 8.78 Å². The quantitative estimate of drug-likeness (QED) is 0.492. The van der Waals surface area contributed by atoms with E-state index >= 15 is 0 Å². The highest BCUT2D eigenvalue weighted by atomic mass is 32.2. The number of hydrogen-bond donors (Lipinski definition) is 1. The van der Waals surface area contributed by atoms with Gasteiger partial charge < -0.3 is 5.11 Å². The van der Waals surface area contributed by atoms with E-state index in [1.807, 2.05) is 0 Å². The maximum Gasteiger partial charge on any atom is 0.286 e. The van der Waals surface area contributed by atoms with Crippen LogP contribution in [0.5, 0.6) is 0 Å². The second-order valence-corrected chi connectivity index (χ2v) is 3.64. The van der Waals surface area contributed by atoms with E-state index in [1.165, 1.54) is 0 Å². The summed E-state index contributed by atoms with van der Waals surface area (Å²) >= 11 is 0.709. The average Bonchev–Trinajstić information content (AvgIpc) is 2.19. The highest BCUT2D eigenvalue weighted by Crippen LogP contribution is 2.32. The number of thioether (sulfide) groups is 1. The number of rotatable bonds is 4. The lowest BCUT2D eigenvalue weighted by molar-refractivity contribution is -0.388. The van der Waals surface area contributed by atoms with Crippen LogP contribution in [-0.2, 0) is 0 Å². The molecule has 1 rings (SSSR count). The summed E-state index contributed by atoms with van der Waals surface area (Å²) in [7, 11) is 0. The van der Waals surface area contributed by atoms with Gasteiger partial charge in [0.05, 0.1) is 11.5 Å². The maximum absolute atomic E-state index is 13.2. The van der Waals surface area contributed by atoms with Gasteiger partial charge in [-0.05, 0) is 6.07 Å². The zero-order chi connectivity index (χ0) is 11.4. The molecule has 0 aliphatic carbocycles. The van der Waals surface area contributed by atoms with E-state index in [-0.39, 0.29) is 17.3 Å². The molecule has 7 heteroatoms. The van der Waals surface area contributed by atoms with Crippen molar-refractivity contribution >= 4 is 17.4 Å². The van der Waals surface area contributed by atoms with Crippen molar-refractivity contribution in [3.8, 4) is 0 Å². The van der Waals surface area contributed by atoms with Crippen molar-refractivity contribution in [2.45, 2.75) is 4.90 Å². The molecule has 15 heavy (non-hydrogen) atoms. The molecular formula is C8H7F2NO3S. The molecule has 0 aliphatic rings. The predicted octanol–water partition coefficient (Wildman–Crippen LogP) is 1.96. The van der Waals surface area contributed by atoms with Crippen LogP contribution in [0.3, 0.4) is 0 Å². The van der Waals surface area contributed by atoms with Crippen LogP contribution in [0.15, 0.2) is 17.0 Å². The minimum atomic E-state index is -1.25. The number of nitrogens with zero attached hydrogens (tertiary/aromatic N) is 1. The molecule has 0 amide bonds.